The van der Waals surface area contributed by atoms with E-state index in [4.69, 9.17) is 11.6 Å². The van der Waals surface area contributed by atoms with Crippen molar-refractivity contribution in [1.29, 1.82) is 0 Å². The molecular formula is C16H14ClN3O3S. The summed E-state index contributed by atoms with van der Waals surface area (Å²) in [6, 6.07) is 13.1. The number of benzene rings is 2. The van der Waals surface area contributed by atoms with E-state index in [1.54, 1.807) is 31.2 Å². The number of hydrogen-bond acceptors (Lipinski definition) is 5. The predicted molar refractivity (Wildman–Crippen MR) is 95.6 cm³/mol. The molecule has 8 heteroatoms. The largest absolute Gasteiger partial charge is 0.272 e. The van der Waals surface area contributed by atoms with E-state index in [2.05, 4.69) is 10.5 Å². The molecule has 0 heterocycles. The van der Waals surface area contributed by atoms with Crippen molar-refractivity contribution in [2.24, 2.45) is 5.10 Å². The van der Waals surface area contributed by atoms with Gasteiger partial charge in [0.2, 0.25) is 0 Å². The molecule has 2 aromatic carbocycles. The van der Waals surface area contributed by atoms with Crippen LogP contribution in [0, 0.1) is 10.1 Å². The number of rotatable bonds is 6. The maximum Gasteiger partial charge on any atom is 0.269 e. The molecule has 0 bridgehead atoms. The molecule has 0 saturated heterocycles. The van der Waals surface area contributed by atoms with Gasteiger partial charge < -0.3 is 0 Å². The van der Waals surface area contributed by atoms with E-state index in [-0.39, 0.29) is 16.8 Å². The van der Waals surface area contributed by atoms with Crippen LogP contribution in [0.5, 0.6) is 0 Å². The quantitative estimate of drug-likeness (QED) is 0.365. The summed E-state index contributed by atoms with van der Waals surface area (Å²) in [5.74, 6) is -0.242. The zero-order valence-corrected chi connectivity index (χ0v) is 14.3. The third kappa shape index (κ3) is 5.36. The molecule has 0 radical (unpaired) electrons. The summed E-state index contributed by atoms with van der Waals surface area (Å²) < 4.78 is 0. The Labute approximate surface area is 148 Å². The Bertz CT molecular complexity index is 748. The first-order valence-electron chi connectivity index (χ1n) is 6.95. The van der Waals surface area contributed by atoms with Crippen molar-refractivity contribution in [1.82, 2.24) is 5.43 Å². The van der Waals surface area contributed by atoms with Gasteiger partial charge >= 0.3 is 0 Å². The summed E-state index contributed by atoms with van der Waals surface area (Å²) in [6.07, 6.45) is 1.43. The van der Waals surface area contributed by atoms with Gasteiger partial charge in [-0.3, -0.25) is 14.9 Å². The van der Waals surface area contributed by atoms with Gasteiger partial charge in [0.1, 0.15) is 0 Å². The summed E-state index contributed by atoms with van der Waals surface area (Å²) in [5.41, 5.74) is 3.11. The van der Waals surface area contributed by atoms with Gasteiger partial charge in [-0.05, 0) is 48.9 Å². The van der Waals surface area contributed by atoms with Gasteiger partial charge in [-0.2, -0.15) is 5.10 Å². The second kappa shape index (κ2) is 8.47. The maximum absolute atomic E-state index is 12.0. The molecule has 0 aliphatic rings. The zero-order chi connectivity index (χ0) is 17.5. The Morgan fingerprint density at radius 3 is 2.46 bits per heavy atom. The Morgan fingerprint density at radius 1 is 1.25 bits per heavy atom. The summed E-state index contributed by atoms with van der Waals surface area (Å²) in [7, 11) is 0. The molecular weight excluding hydrogens is 350 g/mol. The van der Waals surface area contributed by atoms with E-state index in [0.717, 1.165) is 4.90 Å². The van der Waals surface area contributed by atoms with Crippen molar-refractivity contribution < 1.29 is 9.72 Å². The van der Waals surface area contributed by atoms with E-state index in [1.807, 2.05) is 12.1 Å². The van der Waals surface area contributed by atoms with Crippen LogP contribution in [0.2, 0.25) is 5.02 Å². The van der Waals surface area contributed by atoms with Gasteiger partial charge in [-0.15, -0.1) is 11.8 Å². The lowest BCUT2D eigenvalue weighted by Crippen LogP contribution is -2.26. The number of nitro benzene ring substituents is 1. The molecule has 0 fully saturated rings. The molecule has 0 unspecified atom stereocenters. The summed E-state index contributed by atoms with van der Waals surface area (Å²) in [5, 5.41) is 14.7. The number of hydrazone groups is 1. The van der Waals surface area contributed by atoms with Crippen molar-refractivity contribution in [2.75, 3.05) is 0 Å². The number of thioether (sulfide) groups is 1. The van der Waals surface area contributed by atoms with Gasteiger partial charge in [0, 0.05) is 22.1 Å². The normalized spacial score (nSPS) is 12.1. The highest BCUT2D eigenvalue weighted by Crippen LogP contribution is 2.24. The maximum atomic E-state index is 12.0. The Balaban J connectivity index is 1.87. The van der Waals surface area contributed by atoms with Gasteiger partial charge in [-0.1, -0.05) is 11.6 Å². The minimum Gasteiger partial charge on any atom is -0.272 e. The predicted octanol–water partition coefficient (Wildman–Crippen LogP) is 3.88. The smallest absolute Gasteiger partial charge is 0.269 e. The van der Waals surface area contributed by atoms with Crippen molar-refractivity contribution in [3.05, 3.63) is 69.2 Å². The first kappa shape index (κ1) is 18.0. The van der Waals surface area contributed by atoms with E-state index in [0.29, 0.717) is 10.6 Å². The van der Waals surface area contributed by atoms with Gasteiger partial charge in [-0.25, -0.2) is 5.43 Å². The lowest BCUT2D eigenvalue weighted by atomic mass is 10.2. The molecule has 6 nitrogen and oxygen atoms in total. The van der Waals surface area contributed by atoms with E-state index in [1.165, 1.54) is 30.1 Å². The van der Waals surface area contributed by atoms with Gasteiger partial charge in [0.05, 0.1) is 16.4 Å². The number of nitro groups is 1. The van der Waals surface area contributed by atoms with E-state index >= 15 is 0 Å². The topological polar surface area (TPSA) is 84.6 Å². The molecule has 0 aliphatic heterocycles. The fraction of sp³-hybridized carbons (Fsp3) is 0.125. The van der Waals surface area contributed by atoms with Crippen LogP contribution in [0.25, 0.3) is 0 Å². The highest BCUT2D eigenvalue weighted by atomic mass is 35.5. The van der Waals surface area contributed by atoms with Crippen LogP contribution in [0.1, 0.15) is 12.5 Å². The van der Waals surface area contributed by atoms with Crippen LogP contribution in [-0.2, 0) is 4.79 Å². The molecule has 1 amide bonds. The second-order valence-corrected chi connectivity index (χ2v) is 6.65. The molecule has 2 aromatic rings. The van der Waals surface area contributed by atoms with Crippen LogP contribution < -0.4 is 5.43 Å². The number of non-ortho nitro benzene ring substituents is 1. The number of amides is 1. The van der Waals surface area contributed by atoms with Crippen LogP contribution in [-0.4, -0.2) is 22.3 Å². The van der Waals surface area contributed by atoms with Crippen molar-refractivity contribution in [3.8, 4) is 0 Å². The highest BCUT2D eigenvalue weighted by molar-refractivity contribution is 8.00. The van der Waals surface area contributed by atoms with Crippen molar-refractivity contribution in [2.45, 2.75) is 17.1 Å². The molecule has 0 aliphatic carbocycles. The minimum atomic E-state index is -0.474. The van der Waals surface area contributed by atoms with E-state index < -0.39 is 4.92 Å². The average molecular weight is 364 g/mol. The average Bonchev–Trinajstić information content (AvgIpc) is 2.57. The molecule has 124 valence electrons. The minimum absolute atomic E-state index is 0.00386. The molecule has 0 spiro atoms. The first-order chi connectivity index (χ1) is 11.5. The monoisotopic (exact) mass is 363 g/mol. The molecule has 0 saturated carbocycles. The van der Waals surface area contributed by atoms with Gasteiger partial charge in [0.25, 0.3) is 11.6 Å². The standard InChI is InChI=1S/C16H14ClN3O3S/c1-11(24-15-8-4-13(17)5-9-15)16(21)19-18-10-12-2-6-14(7-3-12)20(22)23/h2-11H,1H3,(H,19,21)/b18-10-/t11-/m0/s1. The molecule has 24 heavy (non-hydrogen) atoms. The van der Waals surface area contributed by atoms with Crippen molar-refractivity contribution in [3.63, 3.8) is 0 Å². The fourth-order valence-electron chi connectivity index (χ4n) is 1.71. The van der Waals surface area contributed by atoms with Crippen LogP contribution in [0.3, 0.4) is 0 Å². The third-order valence-electron chi connectivity index (χ3n) is 2.99. The number of nitrogens with one attached hydrogen (secondary N) is 1. The highest BCUT2D eigenvalue weighted by Gasteiger charge is 2.13. The van der Waals surface area contributed by atoms with Crippen molar-refractivity contribution >= 4 is 41.2 Å². The van der Waals surface area contributed by atoms with Gasteiger partial charge in [0.15, 0.2) is 0 Å². The first-order valence-corrected chi connectivity index (χ1v) is 8.21. The second-order valence-electron chi connectivity index (χ2n) is 4.80. The number of hydrogen-bond donors (Lipinski definition) is 1. The van der Waals surface area contributed by atoms with E-state index in [9.17, 15) is 14.9 Å². The Hall–Kier alpha value is -2.38. The molecule has 2 rings (SSSR count). The molecule has 1 atom stereocenters. The lowest BCUT2D eigenvalue weighted by molar-refractivity contribution is -0.384. The summed E-state index contributed by atoms with van der Waals surface area (Å²) in [4.78, 5) is 23.0. The van der Waals surface area contributed by atoms with Crippen LogP contribution in [0.15, 0.2) is 58.5 Å². The summed E-state index contributed by atoms with van der Waals surface area (Å²) in [6.45, 7) is 1.77. The fourth-order valence-corrected chi connectivity index (χ4v) is 2.70. The Morgan fingerprint density at radius 2 is 1.88 bits per heavy atom. The lowest BCUT2D eigenvalue weighted by Gasteiger charge is -2.09. The number of carbonyl (C=O) groups excluding carboxylic acids is 1. The third-order valence-corrected chi connectivity index (χ3v) is 4.35. The van der Waals surface area contributed by atoms with Crippen LogP contribution >= 0.6 is 23.4 Å². The van der Waals surface area contributed by atoms with Crippen LogP contribution in [0.4, 0.5) is 5.69 Å². The number of halogens is 1. The zero-order valence-electron chi connectivity index (χ0n) is 12.7. The Kier molecular flexibility index (Phi) is 6.34. The summed E-state index contributed by atoms with van der Waals surface area (Å²) >= 11 is 7.21. The number of carbonyl (C=O) groups is 1. The molecule has 1 N–H and O–H groups in total. The SMILES string of the molecule is C[C@H](Sc1ccc(Cl)cc1)C(=O)N/N=C\c1ccc([N+](=O)[O-])cc1. The molecule has 0 aromatic heterocycles. The number of nitrogens with zero attached hydrogens (tertiary/aromatic N) is 2.